The minimum atomic E-state index is -0.880. The quantitative estimate of drug-likeness (QED) is 0.342. The number of carbonyl (C=O) groups is 3. The minimum Gasteiger partial charge on any atom is -0.496 e. The third-order valence-electron chi connectivity index (χ3n) is 5.52. The van der Waals surface area contributed by atoms with Crippen molar-refractivity contribution in [1.29, 1.82) is 0 Å². The van der Waals surface area contributed by atoms with Crippen LogP contribution in [0.2, 0.25) is 0 Å². The second-order valence-electron chi connectivity index (χ2n) is 8.82. The Morgan fingerprint density at radius 2 is 1.75 bits per heavy atom. The minimum absolute atomic E-state index is 0.122. The summed E-state index contributed by atoms with van der Waals surface area (Å²) in [5.74, 6) is -1.00. The highest BCUT2D eigenvalue weighted by Gasteiger charge is 2.25. The van der Waals surface area contributed by atoms with Crippen LogP contribution < -0.4 is 20.7 Å². The molecule has 0 saturated heterocycles. The van der Waals surface area contributed by atoms with Crippen molar-refractivity contribution in [3.63, 3.8) is 0 Å². The number of nitrogens with one attached hydrogen (secondary N) is 3. The van der Waals surface area contributed by atoms with Crippen molar-refractivity contribution < 1.29 is 23.5 Å². The summed E-state index contributed by atoms with van der Waals surface area (Å²) >= 11 is 0. The van der Waals surface area contributed by atoms with Gasteiger partial charge in [-0.05, 0) is 48.9 Å². The molecule has 0 aliphatic heterocycles. The number of methoxy groups -OCH3 is 1. The number of benzene rings is 3. The van der Waals surface area contributed by atoms with Crippen molar-refractivity contribution in [3.05, 3.63) is 78.8 Å². The number of nitrogens with zero attached hydrogens (tertiary/aromatic N) is 1. The number of ether oxygens (including phenoxy) is 1. The molecule has 0 aliphatic rings. The van der Waals surface area contributed by atoms with E-state index in [1.807, 2.05) is 36.4 Å². The number of anilines is 1. The van der Waals surface area contributed by atoms with E-state index >= 15 is 0 Å². The topological polar surface area (TPSA) is 123 Å². The van der Waals surface area contributed by atoms with Crippen LogP contribution in [0.15, 0.2) is 77.7 Å². The number of carbonyl (C=O) groups excluding carboxylic acids is 3. The molecule has 0 radical (unpaired) electrons. The molecule has 0 atom stereocenters. The van der Waals surface area contributed by atoms with E-state index in [0.717, 1.165) is 10.8 Å². The van der Waals surface area contributed by atoms with Crippen LogP contribution in [0.5, 0.6) is 5.75 Å². The maximum absolute atomic E-state index is 12.6. The summed E-state index contributed by atoms with van der Waals surface area (Å²) in [5, 5.41) is 10.0. The maximum atomic E-state index is 12.6. The smallest absolute Gasteiger partial charge is 0.313 e. The average Bonchev–Trinajstić information content (AvgIpc) is 3.41. The molecule has 3 amide bonds. The van der Waals surface area contributed by atoms with Crippen molar-refractivity contribution in [2.45, 2.75) is 19.4 Å². The van der Waals surface area contributed by atoms with Gasteiger partial charge in [-0.25, -0.2) is 4.98 Å². The molecule has 0 bridgehead atoms. The summed E-state index contributed by atoms with van der Waals surface area (Å²) in [6.07, 6.45) is 2.85. The van der Waals surface area contributed by atoms with Crippen LogP contribution in [0.3, 0.4) is 0 Å². The first-order valence-electron chi connectivity index (χ1n) is 11.2. The number of hydrogen-bond donors (Lipinski definition) is 3. The molecule has 4 aromatic rings. The standard InChI is InChI=1S/C27H26N4O5/c1-27(2,15-29-24(32)19-9-8-17-6-4-5-7-18(17)12-19)31-26(34)25(33)30-20-10-11-21(22(13-20)35-3)23-14-28-16-36-23/h4-14,16H,15H2,1-3H3,(H,29,32)(H,30,33)(H,31,34). The van der Waals surface area contributed by atoms with Gasteiger partial charge in [0, 0.05) is 23.9 Å². The molecule has 36 heavy (non-hydrogen) atoms. The first kappa shape index (κ1) is 24.5. The van der Waals surface area contributed by atoms with Crippen LogP contribution in [0, 0.1) is 0 Å². The normalized spacial score (nSPS) is 11.1. The van der Waals surface area contributed by atoms with Crippen LogP contribution in [0.1, 0.15) is 24.2 Å². The second kappa shape index (κ2) is 10.3. The fourth-order valence-electron chi connectivity index (χ4n) is 3.65. The molecule has 0 fully saturated rings. The first-order valence-corrected chi connectivity index (χ1v) is 11.2. The molecule has 3 aromatic carbocycles. The fraction of sp³-hybridized carbons (Fsp3) is 0.185. The zero-order valence-electron chi connectivity index (χ0n) is 20.1. The molecule has 1 aromatic heterocycles. The average molecular weight is 487 g/mol. The van der Waals surface area contributed by atoms with E-state index in [1.54, 1.807) is 44.3 Å². The SMILES string of the molecule is COc1cc(NC(=O)C(=O)NC(C)(C)CNC(=O)c2ccc3ccccc3c2)ccc1-c1cnco1. The van der Waals surface area contributed by atoms with Gasteiger partial charge in [-0.15, -0.1) is 0 Å². The van der Waals surface area contributed by atoms with Crippen molar-refractivity contribution in [2.75, 3.05) is 19.0 Å². The van der Waals surface area contributed by atoms with Gasteiger partial charge >= 0.3 is 11.8 Å². The van der Waals surface area contributed by atoms with Crippen LogP contribution in [-0.4, -0.2) is 41.9 Å². The van der Waals surface area contributed by atoms with E-state index in [9.17, 15) is 14.4 Å². The van der Waals surface area contributed by atoms with E-state index in [-0.39, 0.29) is 12.5 Å². The lowest BCUT2D eigenvalue weighted by atomic mass is 10.0. The van der Waals surface area contributed by atoms with E-state index in [1.165, 1.54) is 13.5 Å². The summed E-state index contributed by atoms with van der Waals surface area (Å²) < 4.78 is 10.7. The lowest BCUT2D eigenvalue weighted by Crippen LogP contribution is -2.54. The number of hydrogen-bond acceptors (Lipinski definition) is 6. The van der Waals surface area contributed by atoms with Gasteiger partial charge in [-0.2, -0.15) is 0 Å². The second-order valence-corrected chi connectivity index (χ2v) is 8.82. The highest BCUT2D eigenvalue weighted by Crippen LogP contribution is 2.32. The van der Waals surface area contributed by atoms with Crippen molar-refractivity contribution >= 4 is 34.2 Å². The lowest BCUT2D eigenvalue weighted by molar-refractivity contribution is -0.137. The van der Waals surface area contributed by atoms with E-state index in [0.29, 0.717) is 28.3 Å². The maximum Gasteiger partial charge on any atom is 0.313 e. The van der Waals surface area contributed by atoms with Crippen LogP contribution in [0.25, 0.3) is 22.1 Å². The molecule has 9 nitrogen and oxygen atoms in total. The Kier molecular flexibility index (Phi) is 7.00. The van der Waals surface area contributed by atoms with E-state index in [4.69, 9.17) is 9.15 Å². The Bertz CT molecular complexity index is 1410. The third kappa shape index (κ3) is 5.69. The molecule has 3 N–H and O–H groups in total. The Morgan fingerprint density at radius 3 is 2.47 bits per heavy atom. The number of amides is 3. The van der Waals surface area contributed by atoms with Crippen molar-refractivity contribution in [1.82, 2.24) is 15.6 Å². The number of rotatable bonds is 7. The predicted molar refractivity (Wildman–Crippen MR) is 136 cm³/mol. The van der Waals surface area contributed by atoms with E-state index in [2.05, 4.69) is 20.9 Å². The van der Waals surface area contributed by atoms with Crippen LogP contribution in [-0.2, 0) is 9.59 Å². The molecule has 0 unspecified atom stereocenters. The van der Waals surface area contributed by atoms with Crippen molar-refractivity contribution in [3.8, 4) is 17.1 Å². The Labute approximate surface area is 207 Å². The van der Waals surface area contributed by atoms with Gasteiger partial charge in [0.25, 0.3) is 5.91 Å². The third-order valence-corrected chi connectivity index (χ3v) is 5.52. The predicted octanol–water partition coefficient (Wildman–Crippen LogP) is 3.77. The fourth-order valence-corrected chi connectivity index (χ4v) is 3.65. The van der Waals surface area contributed by atoms with Gasteiger partial charge in [0.05, 0.1) is 24.4 Å². The number of oxazole rings is 1. The van der Waals surface area contributed by atoms with E-state index < -0.39 is 17.4 Å². The monoisotopic (exact) mass is 486 g/mol. The van der Waals surface area contributed by atoms with Crippen LogP contribution in [0.4, 0.5) is 5.69 Å². The number of fused-ring (bicyclic) bond motifs is 1. The Hall–Kier alpha value is -4.66. The molecule has 4 rings (SSSR count). The molecule has 1 heterocycles. The van der Waals surface area contributed by atoms with Gasteiger partial charge in [0.15, 0.2) is 12.2 Å². The Morgan fingerprint density at radius 1 is 0.972 bits per heavy atom. The molecule has 0 aliphatic carbocycles. The van der Waals surface area contributed by atoms with Gasteiger partial charge in [-0.1, -0.05) is 30.3 Å². The molecular weight excluding hydrogens is 460 g/mol. The van der Waals surface area contributed by atoms with Gasteiger partial charge in [-0.3, -0.25) is 14.4 Å². The van der Waals surface area contributed by atoms with Crippen LogP contribution >= 0.6 is 0 Å². The van der Waals surface area contributed by atoms with Crippen molar-refractivity contribution in [2.24, 2.45) is 0 Å². The molecular formula is C27H26N4O5. The summed E-state index contributed by atoms with van der Waals surface area (Å²) in [4.78, 5) is 41.6. The zero-order chi connectivity index (χ0) is 25.7. The van der Waals surface area contributed by atoms with Gasteiger partial charge in [0.2, 0.25) is 0 Å². The highest BCUT2D eigenvalue weighted by atomic mass is 16.5. The number of aromatic nitrogens is 1. The summed E-state index contributed by atoms with van der Waals surface area (Å²) in [6.45, 7) is 3.56. The molecule has 9 heteroatoms. The summed E-state index contributed by atoms with van der Waals surface area (Å²) in [7, 11) is 1.49. The zero-order valence-corrected chi connectivity index (χ0v) is 20.1. The summed E-state index contributed by atoms with van der Waals surface area (Å²) in [6, 6.07) is 18.1. The molecule has 0 saturated carbocycles. The highest BCUT2D eigenvalue weighted by molar-refractivity contribution is 6.39. The van der Waals surface area contributed by atoms with Gasteiger partial charge < -0.3 is 25.1 Å². The Balaban J connectivity index is 1.34. The summed E-state index contributed by atoms with van der Waals surface area (Å²) in [5.41, 5.74) is 0.657. The molecule has 0 spiro atoms. The largest absolute Gasteiger partial charge is 0.496 e. The molecule has 184 valence electrons. The van der Waals surface area contributed by atoms with Gasteiger partial charge in [0.1, 0.15) is 5.75 Å². The first-order chi connectivity index (χ1) is 17.3. The lowest BCUT2D eigenvalue weighted by Gasteiger charge is -2.26.